The van der Waals surface area contributed by atoms with E-state index in [0.717, 1.165) is 5.39 Å². The smallest absolute Gasteiger partial charge is 0.409 e. The van der Waals surface area contributed by atoms with Crippen LogP contribution in [0.5, 0.6) is 5.75 Å². The van der Waals surface area contributed by atoms with E-state index >= 15 is 0 Å². The summed E-state index contributed by atoms with van der Waals surface area (Å²) in [6.45, 7) is 2.42. The molecule has 1 aliphatic rings. The number of ether oxygens (including phenoxy) is 4. The third-order valence-corrected chi connectivity index (χ3v) is 6.02. The fourth-order valence-electron chi connectivity index (χ4n) is 4.07. The van der Waals surface area contributed by atoms with Crippen LogP contribution < -0.4 is 10.1 Å². The highest BCUT2D eigenvalue weighted by Gasteiger charge is 2.37. The van der Waals surface area contributed by atoms with E-state index in [0.29, 0.717) is 11.3 Å². The molecule has 3 amide bonds. The van der Waals surface area contributed by atoms with Crippen molar-refractivity contribution in [2.45, 2.75) is 32.0 Å². The van der Waals surface area contributed by atoms with Gasteiger partial charge in [-0.05, 0) is 25.5 Å². The van der Waals surface area contributed by atoms with Gasteiger partial charge < -0.3 is 34.1 Å². The molecule has 2 atom stereocenters. The lowest BCUT2D eigenvalue weighted by Crippen LogP contribution is -2.61. The molecule has 37 heavy (non-hydrogen) atoms. The zero-order chi connectivity index (χ0) is 26.9. The molecule has 0 aliphatic carbocycles. The topological polar surface area (TPSA) is 137 Å². The molecule has 1 fully saturated rings. The first kappa shape index (κ1) is 27.7. The molecule has 1 aromatic carbocycles. The number of carbonyl (C=O) groups is 4. The number of fused-ring (bicyclic) bond motifs is 1. The number of nitrogens with one attached hydrogen (secondary N) is 1. The Bertz CT molecular complexity index is 1140. The minimum atomic E-state index is -1.07. The molecule has 3 rings (SSSR count). The van der Waals surface area contributed by atoms with Gasteiger partial charge in [0.15, 0.2) is 0 Å². The molecule has 2 unspecified atom stereocenters. The summed E-state index contributed by atoms with van der Waals surface area (Å²) in [5.41, 5.74) is 0.612. The Balaban J connectivity index is 1.82. The molecule has 12 heteroatoms. The van der Waals surface area contributed by atoms with Crippen LogP contribution >= 0.6 is 0 Å². The van der Waals surface area contributed by atoms with Crippen LogP contribution in [-0.4, -0.2) is 98.5 Å². The van der Waals surface area contributed by atoms with Gasteiger partial charge in [0.2, 0.25) is 5.91 Å². The van der Waals surface area contributed by atoms with E-state index in [4.69, 9.17) is 18.9 Å². The van der Waals surface area contributed by atoms with Crippen molar-refractivity contribution < 1.29 is 38.1 Å². The lowest BCUT2D eigenvalue weighted by molar-refractivity contribution is -0.153. The lowest BCUT2D eigenvalue weighted by Gasteiger charge is -2.41. The number of amides is 3. The third-order valence-electron chi connectivity index (χ3n) is 6.02. The second-order valence-electron chi connectivity index (χ2n) is 8.23. The molecule has 1 saturated heterocycles. The Hall–Kier alpha value is -3.93. The summed E-state index contributed by atoms with van der Waals surface area (Å²) in [5.74, 6) is -1.12. The Kier molecular flexibility index (Phi) is 9.61. The fourth-order valence-corrected chi connectivity index (χ4v) is 4.07. The quantitative estimate of drug-likeness (QED) is 0.493. The number of nitrogens with zero attached hydrogens (tertiary/aromatic N) is 3. The highest BCUT2D eigenvalue weighted by molar-refractivity contribution is 5.99. The van der Waals surface area contributed by atoms with Gasteiger partial charge in [-0.25, -0.2) is 9.78 Å². The Labute approximate surface area is 214 Å². The molecule has 1 aromatic heterocycles. The van der Waals surface area contributed by atoms with Gasteiger partial charge in [-0.15, -0.1) is 0 Å². The van der Waals surface area contributed by atoms with Crippen molar-refractivity contribution in [2.75, 3.05) is 47.6 Å². The number of methoxy groups -OCH3 is 3. The van der Waals surface area contributed by atoms with E-state index in [-0.39, 0.29) is 44.8 Å². The Morgan fingerprint density at radius 1 is 1.14 bits per heavy atom. The van der Waals surface area contributed by atoms with Gasteiger partial charge in [0.25, 0.3) is 5.91 Å². The molecule has 0 spiro atoms. The predicted molar refractivity (Wildman–Crippen MR) is 132 cm³/mol. The van der Waals surface area contributed by atoms with Gasteiger partial charge in [0, 0.05) is 38.1 Å². The van der Waals surface area contributed by atoms with E-state index in [1.165, 1.54) is 37.2 Å². The second kappa shape index (κ2) is 12.9. The summed E-state index contributed by atoms with van der Waals surface area (Å²) < 4.78 is 20.6. The Morgan fingerprint density at radius 2 is 1.89 bits per heavy atom. The molecular formula is C25H32N4O8. The molecule has 1 aliphatic heterocycles. The maximum Gasteiger partial charge on any atom is 0.409 e. The second-order valence-corrected chi connectivity index (χ2v) is 8.23. The van der Waals surface area contributed by atoms with Gasteiger partial charge in [-0.2, -0.15) is 0 Å². The van der Waals surface area contributed by atoms with E-state index in [1.807, 2.05) is 12.1 Å². The first-order valence-electron chi connectivity index (χ1n) is 11.9. The van der Waals surface area contributed by atoms with Crippen LogP contribution in [0, 0.1) is 0 Å². The number of carbonyl (C=O) groups excluding carboxylic acids is 4. The molecule has 0 bridgehead atoms. The molecular weight excluding hydrogens is 484 g/mol. The van der Waals surface area contributed by atoms with Crippen molar-refractivity contribution in [1.82, 2.24) is 20.1 Å². The summed E-state index contributed by atoms with van der Waals surface area (Å²) in [6.07, 6.45) is -1.36. The molecule has 12 nitrogen and oxygen atoms in total. The number of benzene rings is 1. The molecule has 2 aromatic rings. The number of rotatable bonds is 9. The van der Waals surface area contributed by atoms with Gasteiger partial charge in [-0.1, -0.05) is 12.1 Å². The maximum atomic E-state index is 13.6. The first-order valence-corrected chi connectivity index (χ1v) is 11.9. The van der Waals surface area contributed by atoms with Crippen molar-refractivity contribution >= 4 is 34.8 Å². The first-order chi connectivity index (χ1) is 17.8. The number of para-hydroxylation sites is 1. The average molecular weight is 517 g/mol. The monoisotopic (exact) mass is 516 g/mol. The molecule has 0 radical (unpaired) electrons. The number of hydrogen-bond donors (Lipinski definition) is 1. The van der Waals surface area contributed by atoms with Crippen LogP contribution in [0.1, 0.15) is 30.3 Å². The summed E-state index contributed by atoms with van der Waals surface area (Å²) in [6, 6.07) is 7.63. The van der Waals surface area contributed by atoms with Crippen molar-refractivity contribution in [3.63, 3.8) is 0 Å². The van der Waals surface area contributed by atoms with E-state index in [2.05, 4.69) is 10.3 Å². The Morgan fingerprint density at radius 3 is 2.57 bits per heavy atom. The van der Waals surface area contributed by atoms with E-state index in [1.54, 1.807) is 19.1 Å². The standard InChI is InChI=1S/C25H32N4O8/c1-5-37-25(33)28-12-13-29(21(15-28)35-3)24(32)18(10-11-22(30)36-4)27-23(31)19-14-20(34-2)16-8-6-7-9-17(16)26-19/h6-9,14,18,21H,5,10-13,15H2,1-4H3,(H,27,31). The van der Waals surface area contributed by atoms with E-state index < -0.39 is 36.1 Å². The molecule has 200 valence electrons. The number of aromatic nitrogens is 1. The van der Waals surface area contributed by atoms with Crippen LogP contribution in [0.2, 0.25) is 0 Å². The van der Waals surface area contributed by atoms with E-state index in [9.17, 15) is 19.2 Å². The summed E-state index contributed by atoms with van der Waals surface area (Å²) in [4.78, 5) is 58.1. The number of esters is 1. The van der Waals surface area contributed by atoms with Crippen LogP contribution in [0.3, 0.4) is 0 Å². The predicted octanol–water partition coefficient (Wildman–Crippen LogP) is 1.57. The summed E-state index contributed by atoms with van der Waals surface area (Å²) >= 11 is 0. The van der Waals surface area contributed by atoms with Crippen LogP contribution in [0.4, 0.5) is 4.79 Å². The van der Waals surface area contributed by atoms with Gasteiger partial charge in [0.05, 0.1) is 32.9 Å². The van der Waals surface area contributed by atoms with Crippen LogP contribution in [0.25, 0.3) is 10.9 Å². The summed E-state index contributed by atoms with van der Waals surface area (Å²) in [7, 11) is 4.17. The van der Waals surface area contributed by atoms with Crippen molar-refractivity contribution in [3.8, 4) is 5.75 Å². The SMILES string of the molecule is CCOC(=O)N1CCN(C(=O)C(CCC(=O)OC)NC(=O)c2cc(OC)c3ccccc3n2)C(OC)C1. The lowest BCUT2D eigenvalue weighted by atomic mass is 10.1. The average Bonchev–Trinajstić information content (AvgIpc) is 2.93. The van der Waals surface area contributed by atoms with Crippen molar-refractivity contribution in [2.24, 2.45) is 0 Å². The number of hydrogen-bond acceptors (Lipinski definition) is 9. The minimum absolute atomic E-state index is 0.00348. The zero-order valence-electron chi connectivity index (χ0n) is 21.4. The highest BCUT2D eigenvalue weighted by atomic mass is 16.6. The molecule has 2 heterocycles. The van der Waals surface area contributed by atoms with Crippen LogP contribution in [0.15, 0.2) is 30.3 Å². The van der Waals surface area contributed by atoms with Crippen molar-refractivity contribution in [1.29, 1.82) is 0 Å². The number of pyridine rings is 1. The summed E-state index contributed by atoms with van der Waals surface area (Å²) in [5, 5.41) is 3.45. The maximum absolute atomic E-state index is 13.6. The van der Waals surface area contributed by atoms with Gasteiger partial charge in [-0.3, -0.25) is 14.4 Å². The van der Waals surface area contributed by atoms with Gasteiger partial charge >= 0.3 is 12.1 Å². The van der Waals surface area contributed by atoms with Crippen molar-refractivity contribution in [3.05, 3.63) is 36.0 Å². The highest BCUT2D eigenvalue weighted by Crippen LogP contribution is 2.25. The zero-order valence-corrected chi connectivity index (χ0v) is 21.4. The third kappa shape index (κ3) is 6.64. The normalized spacial score (nSPS) is 16.2. The minimum Gasteiger partial charge on any atom is -0.496 e. The molecule has 0 saturated carbocycles. The fraction of sp³-hybridized carbons (Fsp3) is 0.480. The van der Waals surface area contributed by atoms with Crippen LogP contribution in [-0.2, 0) is 23.8 Å². The van der Waals surface area contributed by atoms with Gasteiger partial charge in [0.1, 0.15) is 23.7 Å². The number of piperazine rings is 1. The molecule has 1 N–H and O–H groups in total. The largest absolute Gasteiger partial charge is 0.496 e.